The molecule has 0 saturated heterocycles. The molecule has 142 valence electrons. The predicted octanol–water partition coefficient (Wildman–Crippen LogP) is 2.68. The zero-order valence-electron chi connectivity index (χ0n) is 15.0. The maximum Gasteiger partial charge on any atom is 0.397 e. The summed E-state index contributed by atoms with van der Waals surface area (Å²) in [6.45, 7) is 7.97. The summed E-state index contributed by atoms with van der Waals surface area (Å²) in [5, 5.41) is 19.2. The molecule has 0 fully saturated rings. The van der Waals surface area contributed by atoms with E-state index in [0.29, 0.717) is 13.2 Å². The molecule has 0 aromatic heterocycles. The monoisotopic (exact) mass is 373 g/mol. The minimum absolute atomic E-state index is 0.00863. The minimum atomic E-state index is -1.50. The van der Waals surface area contributed by atoms with Crippen LogP contribution in [0.1, 0.15) is 25.8 Å². The zero-order chi connectivity index (χ0) is 18.7. The maximum atomic E-state index is 8.08. The maximum absolute atomic E-state index is 8.08. The van der Waals surface area contributed by atoms with E-state index in [4.69, 9.17) is 28.5 Å². The fraction of sp³-hybridized carbons (Fsp3) is 0.529. The summed E-state index contributed by atoms with van der Waals surface area (Å²) in [7, 11) is 0.338. The Bertz CT molecular complexity index is 502. The standard InChI is InChI=1S/C14H20NO4P.C3H8O2/c1-3-15-9-8-13(16-2)11-18-20-17-10-12-6-4-5-7-14(12)19-20;1-3(2,4)5/h3-7,13,15H,1,8-11H2,2H3;4-5H,1-2H3. The topological polar surface area (TPSA) is 89.4 Å². The summed E-state index contributed by atoms with van der Waals surface area (Å²) in [5.74, 6) is -0.660. The number of hydrogen-bond donors (Lipinski definition) is 3. The average molecular weight is 373 g/mol. The van der Waals surface area contributed by atoms with Gasteiger partial charge >= 0.3 is 8.60 Å². The largest absolute Gasteiger partial charge is 0.426 e. The third-order valence-corrected chi connectivity index (χ3v) is 3.97. The first-order valence-electron chi connectivity index (χ1n) is 7.97. The molecule has 0 spiro atoms. The van der Waals surface area contributed by atoms with E-state index in [1.165, 1.54) is 13.8 Å². The van der Waals surface area contributed by atoms with Crippen LogP contribution in [0.4, 0.5) is 0 Å². The number of fused-ring (bicyclic) bond motifs is 1. The summed E-state index contributed by atoms with van der Waals surface area (Å²) in [5.41, 5.74) is 1.05. The number of hydrogen-bond acceptors (Lipinski definition) is 7. The second-order valence-electron chi connectivity index (χ2n) is 5.79. The van der Waals surface area contributed by atoms with Crippen molar-refractivity contribution in [2.24, 2.45) is 0 Å². The SMILES string of the molecule is C=CNCCC(COP1OCc2ccccc2O1)OC.CC(C)(O)O. The number of rotatable bonds is 8. The fourth-order valence-electron chi connectivity index (χ4n) is 1.76. The van der Waals surface area contributed by atoms with Crippen LogP contribution in [-0.4, -0.2) is 42.4 Å². The van der Waals surface area contributed by atoms with E-state index in [-0.39, 0.29) is 6.10 Å². The molecule has 25 heavy (non-hydrogen) atoms. The van der Waals surface area contributed by atoms with Gasteiger partial charge in [-0.2, -0.15) is 0 Å². The van der Waals surface area contributed by atoms with Crippen LogP contribution in [0.15, 0.2) is 37.0 Å². The Kier molecular flexibility index (Phi) is 9.97. The van der Waals surface area contributed by atoms with Crippen molar-refractivity contribution in [2.45, 2.75) is 38.8 Å². The first kappa shape index (κ1) is 21.8. The van der Waals surface area contributed by atoms with Crippen LogP contribution in [0.25, 0.3) is 0 Å². The second kappa shape index (κ2) is 11.4. The van der Waals surface area contributed by atoms with Gasteiger partial charge in [-0.15, -0.1) is 0 Å². The van der Waals surface area contributed by atoms with Gasteiger partial charge in [-0.3, -0.25) is 9.05 Å². The predicted molar refractivity (Wildman–Crippen MR) is 96.9 cm³/mol. The zero-order valence-corrected chi connectivity index (χ0v) is 15.9. The van der Waals surface area contributed by atoms with Gasteiger partial charge in [0.25, 0.3) is 0 Å². The lowest BCUT2D eigenvalue weighted by Crippen LogP contribution is -2.23. The normalized spacial score (nSPS) is 17.4. The van der Waals surface area contributed by atoms with Crippen molar-refractivity contribution in [3.05, 3.63) is 42.6 Å². The highest BCUT2D eigenvalue weighted by atomic mass is 31.2. The number of aliphatic hydroxyl groups is 2. The van der Waals surface area contributed by atoms with E-state index in [1.807, 2.05) is 24.3 Å². The molecule has 2 unspecified atom stereocenters. The Balaban J connectivity index is 0.000000550. The number of methoxy groups -OCH3 is 1. The van der Waals surface area contributed by atoms with Gasteiger partial charge in [-0.1, -0.05) is 24.8 Å². The van der Waals surface area contributed by atoms with Crippen molar-refractivity contribution in [3.8, 4) is 5.75 Å². The Morgan fingerprint density at radius 3 is 2.72 bits per heavy atom. The highest BCUT2D eigenvalue weighted by Gasteiger charge is 2.24. The van der Waals surface area contributed by atoms with Gasteiger partial charge in [0.15, 0.2) is 5.79 Å². The highest BCUT2D eigenvalue weighted by Crippen LogP contribution is 2.47. The molecule has 1 aromatic rings. The molecule has 0 bridgehead atoms. The minimum Gasteiger partial charge on any atom is -0.426 e. The number of benzene rings is 1. The molecule has 1 heterocycles. The van der Waals surface area contributed by atoms with Gasteiger partial charge in [0.2, 0.25) is 0 Å². The summed E-state index contributed by atoms with van der Waals surface area (Å²) in [6, 6.07) is 7.82. The van der Waals surface area contributed by atoms with Crippen LogP contribution in [0.5, 0.6) is 5.75 Å². The molecule has 3 N–H and O–H groups in total. The highest BCUT2D eigenvalue weighted by molar-refractivity contribution is 7.42. The van der Waals surface area contributed by atoms with E-state index < -0.39 is 14.4 Å². The quantitative estimate of drug-likeness (QED) is 0.367. The third kappa shape index (κ3) is 10.4. The van der Waals surface area contributed by atoms with E-state index in [0.717, 1.165) is 24.3 Å². The lowest BCUT2D eigenvalue weighted by molar-refractivity contribution is -0.127. The molecule has 0 aliphatic carbocycles. The Morgan fingerprint density at radius 2 is 2.08 bits per heavy atom. The van der Waals surface area contributed by atoms with E-state index in [1.54, 1.807) is 13.3 Å². The number of nitrogens with one attached hydrogen (secondary N) is 1. The molecule has 1 aliphatic heterocycles. The van der Waals surface area contributed by atoms with Crippen LogP contribution in [-0.2, 0) is 20.4 Å². The van der Waals surface area contributed by atoms with Gasteiger partial charge in [0.05, 0.1) is 19.3 Å². The van der Waals surface area contributed by atoms with Crippen LogP contribution in [0.3, 0.4) is 0 Å². The Morgan fingerprint density at radius 1 is 1.40 bits per heavy atom. The van der Waals surface area contributed by atoms with Gasteiger partial charge in [0, 0.05) is 19.2 Å². The molecule has 2 rings (SSSR count). The van der Waals surface area contributed by atoms with Crippen LogP contribution >= 0.6 is 8.60 Å². The van der Waals surface area contributed by atoms with Gasteiger partial charge in [0.1, 0.15) is 5.75 Å². The van der Waals surface area contributed by atoms with Crippen LogP contribution in [0, 0.1) is 0 Å². The first-order valence-corrected chi connectivity index (χ1v) is 9.06. The molecule has 1 aromatic carbocycles. The summed E-state index contributed by atoms with van der Waals surface area (Å²) < 4.78 is 22.3. The van der Waals surface area contributed by atoms with Crippen molar-refractivity contribution in [2.75, 3.05) is 20.3 Å². The molecule has 0 saturated carbocycles. The first-order chi connectivity index (χ1) is 11.8. The molecule has 0 radical (unpaired) electrons. The molecule has 7 nitrogen and oxygen atoms in total. The lowest BCUT2D eigenvalue weighted by Gasteiger charge is -2.25. The molecular formula is C17H28NO6P. The molecular weight excluding hydrogens is 345 g/mol. The van der Waals surface area contributed by atoms with E-state index in [2.05, 4.69) is 11.9 Å². The van der Waals surface area contributed by atoms with Crippen molar-refractivity contribution in [3.63, 3.8) is 0 Å². The average Bonchev–Trinajstić information content (AvgIpc) is 2.56. The smallest absolute Gasteiger partial charge is 0.397 e. The van der Waals surface area contributed by atoms with E-state index >= 15 is 0 Å². The lowest BCUT2D eigenvalue weighted by atomic mass is 10.2. The van der Waals surface area contributed by atoms with Crippen molar-refractivity contribution < 1.29 is 28.5 Å². The summed E-state index contributed by atoms with van der Waals surface area (Å²) in [4.78, 5) is 0. The van der Waals surface area contributed by atoms with Crippen LogP contribution in [0.2, 0.25) is 0 Å². The van der Waals surface area contributed by atoms with Crippen molar-refractivity contribution >= 4 is 8.60 Å². The van der Waals surface area contributed by atoms with Crippen molar-refractivity contribution in [1.29, 1.82) is 0 Å². The third-order valence-electron chi connectivity index (χ3n) is 2.93. The number of ether oxygens (including phenoxy) is 1. The van der Waals surface area contributed by atoms with Crippen molar-refractivity contribution in [1.82, 2.24) is 5.32 Å². The molecule has 8 heteroatoms. The van der Waals surface area contributed by atoms with Gasteiger partial charge < -0.3 is 24.8 Å². The Labute approximate surface area is 150 Å². The summed E-state index contributed by atoms with van der Waals surface area (Å²) >= 11 is 0. The number of para-hydroxylation sites is 1. The van der Waals surface area contributed by atoms with Crippen LogP contribution < -0.4 is 9.84 Å². The molecule has 1 aliphatic rings. The fourth-order valence-corrected chi connectivity index (χ4v) is 2.82. The second-order valence-corrected chi connectivity index (χ2v) is 6.94. The summed E-state index contributed by atoms with van der Waals surface area (Å²) in [6.07, 6.45) is 2.51. The van der Waals surface area contributed by atoms with Gasteiger partial charge in [-0.25, -0.2) is 0 Å². The Hall–Kier alpha value is -1.21. The van der Waals surface area contributed by atoms with E-state index in [9.17, 15) is 0 Å². The van der Waals surface area contributed by atoms with Gasteiger partial charge in [-0.05, 0) is 32.5 Å². The molecule has 0 amide bonds. The molecule has 2 atom stereocenters.